The van der Waals surface area contributed by atoms with E-state index >= 15 is 0 Å². The van der Waals surface area contributed by atoms with Crippen molar-refractivity contribution in [2.24, 2.45) is 5.92 Å². The smallest absolute Gasteiger partial charge is 0.124 e. The molecule has 1 aliphatic carbocycles. The fourth-order valence-electron chi connectivity index (χ4n) is 2.25. The summed E-state index contributed by atoms with van der Waals surface area (Å²) in [7, 11) is 1.72. The fourth-order valence-corrected chi connectivity index (χ4v) is 2.25. The summed E-state index contributed by atoms with van der Waals surface area (Å²) >= 11 is 0. The molecule has 3 heteroatoms. The topological polar surface area (TPSA) is 30.5 Å². The van der Waals surface area contributed by atoms with Gasteiger partial charge >= 0.3 is 0 Å². The largest absolute Gasteiger partial charge is 0.496 e. The Morgan fingerprint density at radius 2 is 2.11 bits per heavy atom. The minimum absolute atomic E-state index is 0.0786. The third kappa shape index (κ3) is 4.51. The van der Waals surface area contributed by atoms with E-state index < -0.39 is 0 Å². The molecule has 0 spiro atoms. The number of likely N-dealkylation sites (N-methyl/N-ethyl adjacent to an activating group) is 1. The average Bonchev–Trinajstić information content (AvgIpc) is 3.27. The minimum atomic E-state index is 0.0786. The van der Waals surface area contributed by atoms with E-state index in [0.717, 1.165) is 36.9 Å². The van der Waals surface area contributed by atoms with Crippen LogP contribution in [0.1, 0.15) is 37.9 Å². The highest BCUT2D eigenvalue weighted by Crippen LogP contribution is 2.33. The summed E-state index contributed by atoms with van der Waals surface area (Å²) in [6, 6.07) is 8.13. The zero-order valence-electron chi connectivity index (χ0n) is 12.0. The zero-order chi connectivity index (χ0) is 13.5. The van der Waals surface area contributed by atoms with Crippen LogP contribution in [-0.2, 0) is 4.74 Å². The first-order valence-electron chi connectivity index (χ1n) is 7.30. The lowest BCUT2D eigenvalue weighted by Gasteiger charge is -2.21. The number of hydrogen-bond acceptors (Lipinski definition) is 3. The molecule has 106 valence electrons. The Morgan fingerprint density at radius 3 is 2.79 bits per heavy atom. The van der Waals surface area contributed by atoms with Gasteiger partial charge in [0, 0.05) is 18.7 Å². The second-order valence-electron chi connectivity index (χ2n) is 5.14. The van der Waals surface area contributed by atoms with Crippen LogP contribution in [0.4, 0.5) is 0 Å². The molecule has 3 nitrogen and oxygen atoms in total. The standard InChI is InChI=1S/C16H25NO2/c1-3-17-12-16(19-11-10-13-8-9-13)14-6-4-5-7-15(14)18-2/h4-7,13,16-17H,3,8-12H2,1-2H3. The van der Waals surface area contributed by atoms with E-state index in [2.05, 4.69) is 18.3 Å². The molecule has 1 aromatic rings. The van der Waals surface area contributed by atoms with Crippen LogP contribution in [0.25, 0.3) is 0 Å². The molecule has 0 amide bonds. The molecule has 0 saturated heterocycles. The molecule has 1 saturated carbocycles. The summed E-state index contributed by atoms with van der Waals surface area (Å²) in [4.78, 5) is 0. The Balaban J connectivity index is 1.96. The minimum Gasteiger partial charge on any atom is -0.496 e. The number of methoxy groups -OCH3 is 1. The van der Waals surface area contributed by atoms with Gasteiger partial charge < -0.3 is 14.8 Å². The Hall–Kier alpha value is -1.06. The molecule has 19 heavy (non-hydrogen) atoms. The number of hydrogen-bond donors (Lipinski definition) is 1. The molecular formula is C16H25NO2. The molecule has 1 atom stereocenters. The van der Waals surface area contributed by atoms with E-state index in [1.807, 2.05) is 18.2 Å². The van der Waals surface area contributed by atoms with Crippen molar-refractivity contribution in [1.82, 2.24) is 5.32 Å². The lowest BCUT2D eigenvalue weighted by atomic mass is 10.1. The van der Waals surface area contributed by atoms with Gasteiger partial charge in [-0.15, -0.1) is 0 Å². The van der Waals surface area contributed by atoms with Crippen LogP contribution in [0.5, 0.6) is 5.75 Å². The molecule has 1 aromatic carbocycles. The van der Waals surface area contributed by atoms with E-state index in [1.165, 1.54) is 19.3 Å². The molecule has 1 fully saturated rings. The predicted molar refractivity (Wildman–Crippen MR) is 77.6 cm³/mol. The van der Waals surface area contributed by atoms with Crippen molar-refractivity contribution in [2.45, 2.75) is 32.3 Å². The van der Waals surface area contributed by atoms with Crippen molar-refractivity contribution in [2.75, 3.05) is 26.8 Å². The van der Waals surface area contributed by atoms with Crippen molar-refractivity contribution < 1.29 is 9.47 Å². The van der Waals surface area contributed by atoms with Crippen LogP contribution in [-0.4, -0.2) is 26.8 Å². The molecular weight excluding hydrogens is 238 g/mol. The maximum absolute atomic E-state index is 6.08. The van der Waals surface area contributed by atoms with Gasteiger partial charge in [0.1, 0.15) is 5.75 Å². The van der Waals surface area contributed by atoms with Gasteiger partial charge in [0.2, 0.25) is 0 Å². The summed E-state index contributed by atoms with van der Waals surface area (Å²) in [5.74, 6) is 1.83. The molecule has 1 N–H and O–H groups in total. The molecule has 0 bridgehead atoms. The maximum Gasteiger partial charge on any atom is 0.124 e. The van der Waals surface area contributed by atoms with E-state index in [0.29, 0.717) is 0 Å². The first-order chi connectivity index (χ1) is 9.35. The third-order valence-corrected chi connectivity index (χ3v) is 3.61. The van der Waals surface area contributed by atoms with Gasteiger partial charge in [-0.25, -0.2) is 0 Å². The maximum atomic E-state index is 6.08. The summed E-state index contributed by atoms with van der Waals surface area (Å²) in [5, 5.41) is 3.37. The Labute approximate surface area is 116 Å². The van der Waals surface area contributed by atoms with E-state index in [9.17, 15) is 0 Å². The number of rotatable bonds is 9. The Kier molecular flexibility index (Phi) is 5.67. The quantitative estimate of drug-likeness (QED) is 0.742. The van der Waals surface area contributed by atoms with Crippen LogP contribution in [0, 0.1) is 5.92 Å². The molecule has 0 heterocycles. The normalized spacial score (nSPS) is 16.3. The van der Waals surface area contributed by atoms with Crippen molar-refractivity contribution in [1.29, 1.82) is 0 Å². The number of ether oxygens (including phenoxy) is 2. The van der Waals surface area contributed by atoms with Gasteiger partial charge in [-0.05, 0) is 24.9 Å². The van der Waals surface area contributed by atoms with Crippen LogP contribution in [0.15, 0.2) is 24.3 Å². The number of para-hydroxylation sites is 1. The Morgan fingerprint density at radius 1 is 1.32 bits per heavy atom. The summed E-state index contributed by atoms with van der Waals surface area (Å²) < 4.78 is 11.5. The van der Waals surface area contributed by atoms with Crippen molar-refractivity contribution in [3.63, 3.8) is 0 Å². The second kappa shape index (κ2) is 7.51. The lowest BCUT2D eigenvalue weighted by molar-refractivity contribution is 0.0473. The van der Waals surface area contributed by atoms with Gasteiger partial charge in [-0.3, -0.25) is 0 Å². The van der Waals surface area contributed by atoms with E-state index in [4.69, 9.17) is 9.47 Å². The molecule has 0 aliphatic heterocycles. The summed E-state index contributed by atoms with van der Waals surface area (Å²) in [6.45, 7) is 4.75. The third-order valence-electron chi connectivity index (χ3n) is 3.61. The van der Waals surface area contributed by atoms with Gasteiger partial charge in [-0.2, -0.15) is 0 Å². The number of nitrogens with one attached hydrogen (secondary N) is 1. The van der Waals surface area contributed by atoms with Gasteiger partial charge in [0.25, 0.3) is 0 Å². The van der Waals surface area contributed by atoms with Crippen LogP contribution in [0.3, 0.4) is 0 Å². The molecule has 0 aromatic heterocycles. The van der Waals surface area contributed by atoms with Crippen molar-refractivity contribution in [3.05, 3.63) is 29.8 Å². The molecule has 1 unspecified atom stereocenters. The SMILES string of the molecule is CCNCC(OCCC1CC1)c1ccccc1OC. The van der Waals surface area contributed by atoms with E-state index in [1.54, 1.807) is 7.11 Å². The lowest BCUT2D eigenvalue weighted by Crippen LogP contribution is -2.24. The highest BCUT2D eigenvalue weighted by molar-refractivity contribution is 5.35. The molecule has 2 rings (SSSR count). The molecule has 1 aliphatic rings. The van der Waals surface area contributed by atoms with E-state index in [-0.39, 0.29) is 6.10 Å². The predicted octanol–water partition coefficient (Wildman–Crippen LogP) is 3.16. The van der Waals surface area contributed by atoms with Crippen LogP contribution >= 0.6 is 0 Å². The Bertz CT molecular complexity index is 377. The monoisotopic (exact) mass is 263 g/mol. The van der Waals surface area contributed by atoms with Gasteiger partial charge in [0.15, 0.2) is 0 Å². The summed E-state index contributed by atoms with van der Waals surface area (Å²) in [6.07, 6.45) is 4.04. The van der Waals surface area contributed by atoms with Crippen LogP contribution in [0.2, 0.25) is 0 Å². The van der Waals surface area contributed by atoms with Crippen LogP contribution < -0.4 is 10.1 Å². The highest BCUT2D eigenvalue weighted by Gasteiger charge is 2.22. The van der Waals surface area contributed by atoms with Crippen molar-refractivity contribution >= 4 is 0 Å². The first-order valence-corrected chi connectivity index (χ1v) is 7.30. The van der Waals surface area contributed by atoms with Gasteiger partial charge in [0.05, 0.1) is 13.2 Å². The second-order valence-corrected chi connectivity index (χ2v) is 5.14. The zero-order valence-corrected chi connectivity index (χ0v) is 12.0. The molecule has 0 radical (unpaired) electrons. The van der Waals surface area contributed by atoms with Gasteiger partial charge in [-0.1, -0.05) is 38.0 Å². The number of benzene rings is 1. The fraction of sp³-hybridized carbons (Fsp3) is 0.625. The average molecular weight is 263 g/mol. The summed E-state index contributed by atoms with van der Waals surface area (Å²) in [5.41, 5.74) is 1.14. The highest BCUT2D eigenvalue weighted by atomic mass is 16.5. The first kappa shape index (κ1) is 14.4. The van der Waals surface area contributed by atoms with Crippen molar-refractivity contribution in [3.8, 4) is 5.75 Å².